The van der Waals surface area contributed by atoms with E-state index in [4.69, 9.17) is 0 Å². The van der Waals surface area contributed by atoms with Crippen LogP contribution in [0, 0.1) is 6.92 Å². The summed E-state index contributed by atoms with van der Waals surface area (Å²) in [4.78, 5) is 38.2. The van der Waals surface area contributed by atoms with Crippen molar-refractivity contribution in [1.29, 1.82) is 0 Å². The fourth-order valence-electron chi connectivity index (χ4n) is 2.57. The minimum Gasteiger partial charge on any atom is -0.322 e. The smallest absolute Gasteiger partial charge is 0.262 e. The zero-order valence-electron chi connectivity index (χ0n) is 13.0. The maximum absolute atomic E-state index is 12.5. The number of anilines is 1. The zero-order valence-corrected chi connectivity index (χ0v) is 13.0. The lowest BCUT2D eigenvalue weighted by Crippen LogP contribution is -2.45. The summed E-state index contributed by atoms with van der Waals surface area (Å²) in [5, 5.41) is 6.60. The first kappa shape index (κ1) is 15.0. The lowest BCUT2D eigenvalue weighted by atomic mass is 10.1. The number of nitrogens with zero attached hydrogens (tertiary/aromatic N) is 3. The van der Waals surface area contributed by atoms with Gasteiger partial charge < -0.3 is 5.32 Å². The number of fused-ring (bicyclic) bond motifs is 1. The number of rotatable bonds is 3. The third-order valence-electron chi connectivity index (χ3n) is 3.81. The van der Waals surface area contributed by atoms with Gasteiger partial charge in [-0.25, -0.2) is 0 Å². The quantitative estimate of drug-likeness (QED) is 0.867. The Labute approximate surface area is 132 Å². The number of imide groups is 1. The second-order valence-electron chi connectivity index (χ2n) is 5.60. The fraction of sp³-hybridized carbons (Fsp3) is 0.250. The lowest BCUT2D eigenvalue weighted by molar-refractivity contribution is -0.119. The van der Waals surface area contributed by atoms with Crippen LogP contribution < -0.4 is 5.32 Å². The average molecular weight is 312 g/mol. The van der Waals surface area contributed by atoms with Crippen molar-refractivity contribution in [1.82, 2.24) is 14.7 Å². The molecule has 3 rings (SSSR count). The molecule has 1 aliphatic rings. The zero-order chi connectivity index (χ0) is 16.7. The summed E-state index contributed by atoms with van der Waals surface area (Å²) in [5.74, 6) is -1.33. The Morgan fingerprint density at radius 1 is 1.22 bits per heavy atom. The van der Waals surface area contributed by atoms with Gasteiger partial charge in [0, 0.05) is 13.2 Å². The van der Waals surface area contributed by atoms with Gasteiger partial charge >= 0.3 is 0 Å². The molecule has 1 aliphatic heterocycles. The number of nitrogens with one attached hydrogen (secondary N) is 1. The monoisotopic (exact) mass is 312 g/mol. The second kappa shape index (κ2) is 5.35. The third kappa shape index (κ3) is 2.50. The second-order valence-corrected chi connectivity index (χ2v) is 5.60. The van der Waals surface area contributed by atoms with Gasteiger partial charge in [0.15, 0.2) is 0 Å². The van der Waals surface area contributed by atoms with Crippen LogP contribution in [0.15, 0.2) is 30.6 Å². The van der Waals surface area contributed by atoms with Gasteiger partial charge in [-0.3, -0.25) is 24.0 Å². The summed E-state index contributed by atoms with van der Waals surface area (Å²) in [5.41, 5.74) is 2.08. The van der Waals surface area contributed by atoms with Crippen LogP contribution in [0.4, 0.5) is 5.69 Å². The van der Waals surface area contributed by atoms with Gasteiger partial charge in [0.1, 0.15) is 6.04 Å². The van der Waals surface area contributed by atoms with Crippen molar-refractivity contribution < 1.29 is 14.4 Å². The number of amides is 3. The maximum atomic E-state index is 12.5. The van der Waals surface area contributed by atoms with Crippen LogP contribution in [0.5, 0.6) is 0 Å². The summed E-state index contributed by atoms with van der Waals surface area (Å²) in [6, 6.07) is 4.15. The van der Waals surface area contributed by atoms with E-state index in [1.54, 1.807) is 36.1 Å². The lowest BCUT2D eigenvalue weighted by Gasteiger charge is -2.21. The highest BCUT2D eigenvalue weighted by Crippen LogP contribution is 2.26. The molecular weight excluding hydrogens is 296 g/mol. The molecule has 118 valence electrons. The number of aryl methyl sites for hydroxylation is 2. The molecule has 0 fully saturated rings. The van der Waals surface area contributed by atoms with Crippen LogP contribution >= 0.6 is 0 Å². The first-order valence-electron chi connectivity index (χ1n) is 7.16. The van der Waals surface area contributed by atoms with Crippen LogP contribution in [0.25, 0.3) is 0 Å². The number of aromatic nitrogens is 2. The third-order valence-corrected chi connectivity index (χ3v) is 3.81. The van der Waals surface area contributed by atoms with Gasteiger partial charge in [-0.05, 0) is 26.0 Å². The van der Waals surface area contributed by atoms with E-state index < -0.39 is 23.8 Å². The van der Waals surface area contributed by atoms with Crippen LogP contribution in [0.2, 0.25) is 0 Å². The van der Waals surface area contributed by atoms with Crippen molar-refractivity contribution in [3.63, 3.8) is 0 Å². The molecule has 7 nitrogen and oxygen atoms in total. The van der Waals surface area contributed by atoms with Crippen molar-refractivity contribution in [2.45, 2.75) is 19.9 Å². The summed E-state index contributed by atoms with van der Waals surface area (Å²) in [7, 11) is 1.73. The molecule has 0 aliphatic carbocycles. The molecule has 23 heavy (non-hydrogen) atoms. The van der Waals surface area contributed by atoms with Crippen molar-refractivity contribution in [2.75, 3.05) is 5.32 Å². The van der Waals surface area contributed by atoms with Crippen molar-refractivity contribution in [2.24, 2.45) is 7.05 Å². The molecule has 2 heterocycles. The average Bonchev–Trinajstić information content (AvgIpc) is 3.01. The minimum absolute atomic E-state index is 0.335. The van der Waals surface area contributed by atoms with Crippen LogP contribution in [0.1, 0.15) is 33.2 Å². The first-order valence-corrected chi connectivity index (χ1v) is 7.16. The summed E-state index contributed by atoms with van der Waals surface area (Å²) < 4.78 is 1.55. The number of hydrogen-bond acceptors (Lipinski definition) is 4. The van der Waals surface area contributed by atoms with Crippen LogP contribution in [-0.4, -0.2) is 38.4 Å². The van der Waals surface area contributed by atoms with Crippen molar-refractivity contribution in [3.05, 3.63) is 47.3 Å². The highest BCUT2D eigenvalue weighted by atomic mass is 16.2. The molecular formula is C16H16N4O3. The molecule has 0 bridgehead atoms. The predicted molar refractivity (Wildman–Crippen MR) is 83.0 cm³/mol. The highest BCUT2D eigenvalue weighted by Gasteiger charge is 2.40. The van der Waals surface area contributed by atoms with Gasteiger partial charge in [-0.15, -0.1) is 0 Å². The molecule has 1 N–H and O–H groups in total. The van der Waals surface area contributed by atoms with E-state index >= 15 is 0 Å². The van der Waals surface area contributed by atoms with Gasteiger partial charge in [0.2, 0.25) is 5.91 Å². The van der Waals surface area contributed by atoms with E-state index in [0.29, 0.717) is 16.8 Å². The Kier molecular flexibility index (Phi) is 3.48. The van der Waals surface area contributed by atoms with Gasteiger partial charge in [-0.1, -0.05) is 11.6 Å². The molecule has 0 spiro atoms. The van der Waals surface area contributed by atoms with E-state index in [2.05, 4.69) is 10.4 Å². The maximum Gasteiger partial charge on any atom is 0.262 e. The highest BCUT2D eigenvalue weighted by molar-refractivity contribution is 6.23. The molecule has 7 heteroatoms. The predicted octanol–water partition coefficient (Wildman–Crippen LogP) is 1.35. The SMILES string of the molecule is Cc1ccc2c(c1)C(=O)N([C@H](C)C(=O)Nc1cnn(C)c1)C2=O. The van der Waals surface area contributed by atoms with Gasteiger partial charge in [0.25, 0.3) is 11.8 Å². The molecule has 1 atom stereocenters. The summed E-state index contributed by atoms with van der Waals surface area (Å²) in [6.45, 7) is 3.37. The van der Waals surface area contributed by atoms with Gasteiger partial charge in [-0.2, -0.15) is 5.10 Å². The van der Waals surface area contributed by atoms with E-state index in [-0.39, 0.29) is 0 Å². The normalized spacial score (nSPS) is 14.8. The number of benzene rings is 1. The van der Waals surface area contributed by atoms with E-state index in [0.717, 1.165) is 10.5 Å². The molecule has 0 saturated heterocycles. The Hall–Kier alpha value is -2.96. The molecule has 1 aromatic heterocycles. The Morgan fingerprint density at radius 3 is 2.57 bits per heavy atom. The first-order chi connectivity index (χ1) is 10.9. The molecule has 3 amide bonds. The fourth-order valence-corrected chi connectivity index (χ4v) is 2.57. The van der Waals surface area contributed by atoms with Crippen LogP contribution in [-0.2, 0) is 11.8 Å². The Balaban J connectivity index is 1.83. The number of carbonyl (C=O) groups excluding carboxylic acids is 3. The molecule has 0 unspecified atom stereocenters. The summed E-state index contributed by atoms with van der Waals surface area (Å²) in [6.07, 6.45) is 3.13. The topological polar surface area (TPSA) is 84.3 Å². The van der Waals surface area contributed by atoms with E-state index in [1.807, 2.05) is 6.92 Å². The Bertz CT molecular complexity index is 824. The van der Waals surface area contributed by atoms with Gasteiger partial charge in [0.05, 0.1) is 23.0 Å². The molecule has 2 aromatic rings. The van der Waals surface area contributed by atoms with E-state index in [1.165, 1.54) is 13.1 Å². The number of hydrogen-bond donors (Lipinski definition) is 1. The standard InChI is InChI=1S/C16H16N4O3/c1-9-4-5-12-13(6-9)16(23)20(15(12)22)10(2)14(21)18-11-7-17-19(3)8-11/h4-8,10H,1-3H3,(H,18,21)/t10-/m1/s1. The molecule has 0 radical (unpaired) electrons. The Morgan fingerprint density at radius 2 is 1.91 bits per heavy atom. The van der Waals surface area contributed by atoms with E-state index in [9.17, 15) is 14.4 Å². The molecule has 1 aromatic carbocycles. The molecule has 0 saturated carbocycles. The summed E-state index contributed by atoms with van der Waals surface area (Å²) >= 11 is 0. The largest absolute Gasteiger partial charge is 0.322 e. The van der Waals surface area contributed by atoms with Crippen LogP contribution in [0.3, 0.4) is 0 Å². The van der Waals surface area contributed by atoms with Crippen molar-refractivity contribution in [3.8, 4) is 0 Å². The minimum atomic E-state index is -0.914. The number of carbonyl (C=O) groups is 3. The van der Waals surface area contributed by atoms with Crippen molar-refractivity contribution >= 4 is 23.4 Å².